The molecule has 0 saturated heterocycles. The summed E-state index contributed by atoms with van der Waals surface area (Å²) in [6.45, 7) is 0. The monoisotopic (exact) mass is 328 g/mol. The lowest BCUT2D eigenvalue weighted by Crippen LogP contribution is -2.19. The average molecular weight is 330 g/mol. The largest absolute Gasteiger partial charge is 0.485 e. The number of benzene rings is 2. The molecule has 0 saturated carbocycles. The molecule has 0 fully saturated rings. The molecule has 2 nitrogen and oxygen atoms in total. The first kappa shape index (κ1) is 14.0. The Bertz CT molecular complexity index is 658. The summed E-state index contributed by atoms with van der Waals surface area (Å²) in [5, 5.41) is 11.8. The second-order valence-electron chi connectivity index (χ2n) is 4.71. The van der Waals surface area contributed by atoms with Gasteiger partial charge < -0.3 is 9.84 Å². The normalized spacial score (nSPS) is 21.2. The highest BCUT2D eigenvalue weighted by Gasteiger charge is 2.28. The zero-order valence-electron chi connectivity index (χ0n) is 10.3. The highest BCUT2D eigenvalue weighted by Crippen LogP contribution is 2.42. The van der Waals surface area contributed by atoms with Gasteiger partial charge in [0.05, 0.1) is 16.1 Å². The van der Waals surface area contributed by atoms with Gasteiger partial charge in [-0.25, -0.2) is 0 Å². The Morgan fingerprint density at radius 1 is 1.00 bits per heavy atom. The number of hydrogen-bond acceptors (Lipinski definition) is 2. The van der Waals surface area contributed by atoms with Crippen molar-refractivity contribution in [3.05, 3.63) is 62.6 Å². The Labute approximate surface area is 131 Å². The molecule has 2 aromatic rings. The molecule has 0 amide bonds. The first-order valence-corrected chi connectivity index (χ1v) is 7.27. The van der Waals surface area contributed by atoms with E-state index in [9.17, 15) is 5.11 Å². The molecule has 1 N–H and O–H groups in total. The minimum absolute atomic E-state index is 0.256. The minimum Gasteiger partial charge on any atom is -0.485 e. The first-order chi connectivity index (χ1) is 9.54. The number of rotatable bonds is 1. The van der Waals surface area contributed by atoms with E-state index in [4.69, 9.17) is 39.5 Å². The van der Waals surface area contributed by atoms with Gasteiger partial charge in [-0.3, -0.25) is 0 Å². The Morgan fingerprint density at radius 2 is 1.80 bits per heavy atom. The van der Waals surface area contributed by atoms with Crippen molar-refractivity contribution >= 4 is 34.8 Å². The molecule has 2 aromatic carbocycles. The van der Waals surface area contributed by atoms with Crippen LogP contribution in [0.2, 0.25) is 15.1 Å². The molecule has 0 aromatic heterocycles. The number of halogens is 3. The Morgan fingerprint density at radius 3 is 2.55 bits per heavy atom. The van der Waals surface area contributed by atoms with Gasteiger partial charge in [0.2, 0.25) is 0 Å². The number of aliphatic hydroxyl groups excluding tert-OH is 1. The molecule has 3 rings (SSSR count). The van der Waals surface area contributed by atoms with Crippen LogP contribution in [-0.4, -0.2) is 5.11 Å². The van der Waals surface area contributed by atoms with Crippen molar-refractivity contribution in [1.82, 2.24) is 0 Å². The summed E-state index contributed by atoms with van der Waals surface area (Å²) in [5.74, 6) is 0.643. The Kier molecular flexibility index (Phi) is 3.83. The van der Waals surface area contributed by atoms with Crippen molar-refractivity contribution in [3.8, 4) is 5.75 Å². The second kappa shape index (κ2) is 5.45. The van der Waals surface area contributed by atoms with Crippen LogP contribution in [0.15, 0.2) is 36.4 Å². The lowest BCUT2D eigenvalue weighted by molar-refractivity contribution is 0.0657. The van der Waals surface area contributed by atoms with Crippen molar-refractivity contribution < 1.29 is 9.84 Å². The van der Waals surface area contributed by atoms with Crippen molar-refractivity contribution in [3.63, 3.8) is 0 Å². The summed E-state index contributed by atoms with van der Waals surface area (Å²) in [5.41, 5.74) is 1.60. The fourth-order valence-electron chi connectivity index (χ4n) is 2.33. The predicted molar refractivity (Wildman–Crippen MR) is 80.9 cm³/mol. The number of fused-ring (bicyclic) bond motifs is 1. The van der Waals surface area contributed by atoms with Crippen molar-refractivity contribution in [2.75, 3.05) is 0 Å². The lowest BCUT2D eigenvalue weighted by atomic mass is 9.95. The van der Waals surface area contributed by atoms with Crippen LogP contribution in [0.5, 0.6) is 5.75 Å². The van der Waals surface area contributed by atoms with Gasteiger partial charge in [0.1, 0.15) is 11.9 Å². The molecular formula is C15H11Cl3O2. The fraction of sp³-hybridized carbons (Fsp3) is 0.200. The van der Waals surface area contributed by atoms with E-state index in [1.807, 2.05) is 6.07 Å². The molecule has 0 aliphatic carbocycles. The Balaban J connectivity index is 1.94. The van der Waals surface area contributed by atoms with E-state index in [0.717, 1.165) is 5.56 Å². The molecule has 1 aliphatic heterocycles. The smallest absolute Gasteiger partial charge is 0.127 e. The average Bonchev–Trinajstić information content (AvgIpc) is 2.42. The Hall–Kier alpha value is -0.930. The van der Waals surface area contributed by atoms with Crippen LogP contribution in [0.4, 0.5) is 0 Å². The summed E-state index contributed by atoms with van der Waals surface area (Å²) in [6, 6.07) is 10.6. The molecule has 5 heteroatoms. The van der Waals surface area contributed by atoms with Crippen LogP contribution in [0.1, 0.15) is 29.8 Å². The molecule has 20 heavy (non-hydrogen) atoms. The van der Waals surface area contributed by atoms with Crippen LogP contribution in [-0.2, 0) is 0 Å². The van der Waals surface area contributed by atoms with Gasteiger partial charge in [-0.15, -0.1) is 0 Å². The maximum absolute atomic E-state index is 10.2. The molecule has 1 aliphatic rings. The maximum atomic E-state index is 10.2. The molecular weight excluding hydrogens is 319 g/mol. The van der Waals surface area contributed by atoms with Crippen LogP contribution < -0.4 is 4.74 Å². The van der Waals surface area contributed by atoms with E-state index >= 15 is 0 Å². The summed E-state index contributed by atoms with van der Waals surface area (Å²) in [6.07, 6.45) is -0.420. The van der Waals surface area contributed by atoms with Crippen LogP contribution >= 0.6 is 34.8 Å². The van der Waals surface area contributed by atoms with Crippen LogP contribution in [0, 0.1) is 0 Å². The van der Waals surface area contributed by atoms with Crippen LogP contribution in [0.3, 0.4) is 0 Å². The fourth-order valence-corrected chi connectivity index (χ4v) is 2.82. The SMILES string of the molecule is O[C@@H]1CC(c2ccc(Cl)c(Cl)c2)Oc2ccc(Cl)cc21. The predicted octanol–water partition coefficient (Wildman–Crippen LogP) is 5.20. The molecule has 0 bridgehead atoms. The summed E-state index contributed by atoms with van der Waals surface area (Å²) < 4.78 is 5.92. The van der Waals surface area contributed by atoms with Gasteiger partial charge in [-0.05, 0) is 35.9 Å². The van der Waals surface area contributed by atoms with Gasteiger partial charge in [0.15, 0.2) is 0 Å². The molecule has 1 heterocycles. The summed E-state index contributed by atoms with van der Waals surface area (Å²) >= 11 is 17.9. The van der Waals surface area contributed by atoms with E-state index < -0.39 is 6.10 Å². The highest BCUT2D eigenvalue weighted by atomic mass is 35.5. The number of aliphatic hydroxyl groups is 1. The summed E-state index contributed by atoms with van der Waals surface area (Å²) in [7, 11) is 0. The van der Waals surface area contributed by atoms with E-state index in [0.29, 0.717) is 32.8 Å². The zero-order valence-corrected chi connectivity index (χ0v) is 12.6. The standard InChI is InChI=1S/C15H11Cl3O2/c16-9-2-4-14-10(6-9)13(19)7-15(20-14)8-1-3-11(17)12(18)5-8/h1-6,13,15,19H,7H2/t13-,15?/m1/s1. The van der Waals surface area contributed by atoms with Gasteiger partial charge in [0, 0.05) is 17.0 Å². The van der Waals surface area contributed by atoms with Crippen LogP contribution in [0.25, 0.3) is 0 Å². The highest BCUT2D eigenvalue weighted by molar-refractivity contribution is 6.42. The second-order valence-corrected chi connectivity index (χ2v) is 5.96. The van der Waals surface area contributed by atoms with Gasteiger partial charge >= 0.3 is 0 Å². The number of hydrogen-bond donors (Lipinski definition) is 1. The molecule has 0 radical (unpaired) electrons. The van der Waals surface area contributed by atoms with E-state index in [1.165, 1.54) is 0 Å². The molecule has 0 spiro atoms. The topological polar surface area (TPSA) is 29.5 Å². The van der Waals surface area contributed by atoms with Gasteiger partial charge in [-0.2, -0.15) is 0 Å². The zero-order chi connectivity index (χ0) is 14.3. The third-order valence-corrected chi connectivity index (χ3v) is 4.33. The van der Waals surface area contributed by atoms with Gasteiger partial charge in [-0.1, -0.05) is 40.9 Å². The lowest BCUT2D eigenvalue weighted by Gasteiger charge is -2.30. The van der Waals surface area contributed by atoms with Crippen molar-refractivity contribution in [2.45, 2.75) is 18.6 Å². The maximum Gasteiger partial charge on any atom is 0.127 e. The van der Waals surface area contributed by atoms with E-state index in [1.54, 1.807) is 30.3 Å². The molecule has 1 unspecified atom stereocenters. The third kappa shape index (κ3) is 2.61. The third-order valence-electron chi connectivity index (χ3n) is 3.35. The number of ether oxygens (including phenoxy) is 1. The first-order valence-electron chi connectivity index (χ1n) is 6.13. The van der Waals surface area contributed by atoms with E-state index in [-0.39, 0.29) is 6.10 Å². The van der Waals surface area contributed by atoms with Gasteiger partial charge in [0.25, 0.3) is 0 Å². The van der Waals surface area contributed by atoms with Crippen molar-refractivity contribution in [1.29, 1.82) is 0 Å². The quantitative estimate of drug-likeness (QED) is 0.779. The minimum atomic E-state index is -0.614. The summed E-state index contributed by atoms with van der Waals surface area (Å²) in [4.78, 5) is 0. The van der Waals surface area contributed by atoms with E-state index in [2.05, 4.69) is 0 Å². The molecule has 2 atom stereocenters. The van der Waals surface area contributed by atoms with Crippen molar-refractivity contribution in [2.24, 2.45) is 0 Å². The molecule has 104 valence electrons.